The van der Waals surface area contributed by atoms with Crippen molar-refractivity contribution in [3.8, 4) is 22.5 Å². The van der Waals surface area contributed by atoms with Crippen molar-refractivity contribution in [3.63, 3.8) is 0 Å². The lowest BCUT2D eigenvalue weighted by molar-refractivity contribution is -0.137. The highest BCUT2D eigenvalue weighted by Gasteiger charge is 2.17. The van der Waals surface area contributed by atoms with Crippen molar-refractivity contribution in [2.75, 3.05) is 0 Å². The van der Waals surface area contributed by atoms with Gasteiger partial charge in [0.25, 0.3) is 0 Å². The minimum absolute atomic E-state index is 0.337. The van der Waals surface area contributed by atoms with Crippen molar-refractivity contribution in [1.82, 2.24) is 9.97 Å². The zero-order chi connectivity index (χ0) is 27.0. The van der Waals surface area contributed by atoms with Crippen LogP contribution in [0.3, 0.4) is 0 Å². The predicted molar refractivity (Wildman–Crippen MR) is 158 cm³/mol. The van der Waals surface area contributed by atoms with Gasteiger partial charge >= 0.3 is 5.97 Å². The molecule has 0 bridgehead atoms. The summed E-state index contributed by atoms with van der Waals surface area (Å²) in [5, 5.41) is 8.27. The molecule has 38 heavy (non-hydrogen) atoms. The first-order chi connectivity index (χ1) is 18.6. The van der Waals surface area contributed by atoms with E-state index in [1.807, 2.05) is 12.4 Å². The highest BCUT2D eigenvalue weighted by atomic mass is 16.4. The van der Waals surface area contributed by atoms with Gasteiger partial charge in [0.05, 0.1) is 0 Å². The average molecular weight is 515 g/mol. The summed E-state index contributed by atoms with van der Waals surface area (Å²) in [5.41, 5.74) is 6.33. The van der Waals surface area contributed by atoms with E-state index in [2.05, 4.69) is 72.3 Å². The molecule has 3 aromatic rings. The predicted octanol–water partition coefficient (Wildman–Crippen LogP) is 9.63. The molecule has 1 aromatic heterocycles. The minimum Gasteiger partial charge on any atom is -0.481 e. The van der Waals surface area contributed by atoms with Gasteiger partial charge in [-0.2, -0.15) is 0 Å². The molecule has 0 unspecified atom stereocenters. The molecule has 0 atom stereocenters. The molecule has 1 aliphatic carbocycles. The van der Waals surface area contributed by atoms with Crippen LogP contribution in [0.25, 0.3) is 22.5 Å². The highest BCUT2D eigenvalue weighted by Crippen LogP contribution is 2.33. The van der Waals surface area contributed by atoms with Crippen LogP contribution < -0.4 is 0 Å². The van der Waals surface area contributed by atoms with E-state index in [4.69, 9.17) is 5.11 Å². The van der Waals surface area contributed by atoms with Gasteiger partial charge in [-0.05, 0) is 60.3 Å². The van der Waals surface area contributed by atoms with Gasteiger partial charge in [0, 0.05) is 24.4 Å². The maximum atomic E-state index is 10.0. The van der Waals surface area contributed by atoms with Gasteiger partial charge < -0.3 is 5.11 Å². The minimum atomic E-state index is -0.670. The summed E-state index contributed by atoms with van der Waals surface area (Å²) in [5.74, 6) is 0.817. The van der Waals surface area contributed by atoms with E-state index in [9.17, 15) is 4.79 Å². The van der Waals surface area contributed by atoms with Crippen molar-refractivity contribution in [3.05, 3.63) is 72.1 Å². The Morgan fingerprint density at radius 2 is 1.26 bits per heavy atom. The van der Waals surface area contributed by atoms with Gasteiger partial charge in [0.1, 0.15) is 0 Å². The lowest BCUT2D eigenvalue weighted by atomic mass is 10.00. The number of hydrogen-bond acceptors (Lipinski definition) is 3. The normalized spacial score (nSPS) is 13.2. The fourth-order valence-electron chi connectivity index (χ4n) is 5.09. The largest absolute Gasteiger partial charge is 0.481 e. The van der Waals surface area contributed by atoms with Crippen molar-refractivity contribution < 1.29 is 9.90 Å². The van der Waals surface area contributed by atoms with Gasteiger partial charge in [-0.25, -0.2) is 9.97 Å². The zero-order valence-electron chi connectivity index (χ0n) is 23.5. The molecule has 1 fully saturated rings. The second kappa shape index (κ2) is 16.8. The Morgan fingerprint density at radius 1 is 0.737 bits per heavy atom. The number of carboxylic acids is 1. The van der Waals surface area contributed by atoms with Gasteiger partial charge in [0.15, 0.2) is 5.82 Å². The second-order valence-corrected chi connectivity index (χ2v) is 10.6. The molecule has 1 heterocycles. The van der Waals surface area contributed by atoms with E-state index in [1.54, 1.807) is 0 Å². The number of unbranched alkanes of at least 4 members (excludes halogenated alkanes) is 6. The van der Waals surface area contributed by atoms with Crippen molar-refractivity contribution in [1.29, 1.82) is 0 Å². The van der Waals surface area contributed by atoms with Gasteiger partial charge in [0.2, 0.25) is 0 Å². The van der Waals surface area contributed by atoms with E-state index in [1.165, 1.54) is 92.9 Å². The second-order valence-electron chi connectivity index (χ2n) is 10.6. The Bertz CT molecular complexity index is 1050. The number of carbonyl (C=O) groups is 1. The van der Waals surface area contributed by atoms with Crippen LogP contribution in [0, 0.1) is 0 Å². The molecule has 0 spiro atoms. The number of benzene rings is 2. The molecule has 0 saturated heterocycles. The number of aromatic nitrogens is 2. The molecule has 4 heteroatoms. The van der Waals surface area contributed by atoms with Crippen LogP contribution >= 0.6 is 0 Å². The van der Waals surface area contributed by atoms with E-state index >= 15 is 0 Å². The summed E-state index contributed by atoms with van der Waals surface area (Å²) in [4.78, 5) is 19.3. The third-order valence-corrected chi connectivity index (χ3v) is 7.49. The summed E-state index contributed by atoms with van der Waals surface area (Å²) in [6, 6.07) is 17.6. The zero-order valence-corrected chi connectivity index (χ0v) is 23.5. The molecule has 4 rings (SSSR count). The number of hydrogen-bond donors (Lipinski definition) is 1. The highest BCUT2D eigenvalue weighted by molar-refractivity contribution is 5.68. The molecule has 1 N–H and O–H groups in total. The molecular formula is C34H46N2O2. The van der Waals surface area contributed by atoms with Crippen molar-refractivity contribution in [2.24, 2.45) is 0 Å². The number of aliphatic carboxylic acids is 1. The Labute approximate surface area is 230 Å². The van der Waals surface area contributed by atoms with Crippen LogP contribution in [0.4, 0.5) is 0 Å². The van der Waals surface area contributed by atoms with E-state index < -0.39 is 5.97 Å². The fourth-order valence-corrected chi connectivity index (χ4v) is 5.09. The molecule has 1 aliphatic rings. The smallest absolute Gasteiger partial charge is 0.303 e. The van der Waals surface area contributed by atoms with E-state index in [0.717, 1.165) is 24.2 Å². The topological polar surface area (TPSA) is 63.1 Å². The molecule has 0 amide bonds. The third kappa shape index (κ3) is 10.0. The van der Waals surface area contributed by atoms with Crippen molar-refractivity contribution in [2.45, 2.75) is 110 Å². The van der Waals surface area contributed by atoms with E-state index in [-0.39, 0.29) is 0 Å². The summed E-state index contributed by atoms with van der Waals surface area (Å²) in [7, 11) is 0. The summed E-state index contributed by atoms with van der Waals surface area (Å²) >= 11 is 0. The standard InChI is InChI=1S/C26H30N2.C8H16O2/c1-2-3-4-7-20-10-12-22(13-11-20)23-14-16-24(17-15-23)26-27-18-25(19-28-26)21-8-5-6-9-21;1-2-3-4-5-6-7-8(9)10/h10-19,21H,2-9H2,1H3;2-7H2,1H3,(H,9,10). The van der Waals surface area contributed by atoms with Crippen molar-refractivity contribution >= 4 is 5.97 Å². The third-order valence-electron chi connectivity index (χ3n) is 7.49. The molecule has 4 nitrogen and oxygen atoms in total. The van der Waals surface area contributed by atoms with Crippen LogP contribution in [0.5, 0.6) is 0 Å². The average Bonchev–Trinajstić information content (AvgIpc) is 3.49. The SMILES string of the molecule is CCCCCCCC(=O)O.CCCCCc1ccc(-c2ccc(-c3ncc(C4CCCC4)cn3)cc2)cc1. The van der Waals surface area contributed by atoms with Crippen LogP contribution in [0.2, 0.25) is 0 Å². The first-order valence-electron chi connectivity index (χ1n) is 14.8. The lowest BCUT2D eigenvalue weighted by Crippen LogP contribution is -1.96. The number of rotatable bonds is 13. The molecule has 204 valence electrons. The fraction of sp³-hybridized carbons (Fsp3) is 0.500. The maximum Gasteiger partial charge on any atom is 0.303 e. The lowest BCUT2D eigenvalue weighted by Gasteiger charge is -2.09. The first kappa shape index (κ1) is 29.5. The Kier molecular flexibility index (Phi) is 13.0. The Balaban J connectivity index is 0.000000342. The molecule has 0 radical (unpaired) electrons. The first-order valence-corrected chi connectivity index (χ1v) is 14.8. The number of nitrogens with zero attached hydrogens (tertiary/aromatic N) is 2. The van der Waals surface area contributed by atoms with Gasteiger partial charge in [-0.1, -0.05) is 114 Å². The van der Waals surface area contributed by atoms with Gasteiger partial charge in [-0.3, -0.25) is 4.79 Å². The van der Waals surface area contributed by atoms with Crippen LogP contribution in [0.15, 0.2) is 60.9 Å². The maximum absolute atomic E-state index is 10.0. The summed E-state index contributed by atoms with van der Waals surface area (Å²) in [6.07, 6.45) is 20.3. The van der Waals surface area contributed by atoms with Crippen LogP contribution in [-0.2, 0) is 11.2 Å². The number of aryl methyl sites for hydroxylation is 1. The molecular weight excluding hydrogens is 468 g/mol. The number of carboxylic acid groups (broad SMARTS) is 1. The molecule has 2 aromatic carbocycles. The molecule has 0 aliphatic heterocycles. The quantitative estimate of drug-likeness (QED) is 0.231. The van der Waals surface area contributed by atoms with Gasteiger partial charge in [-0.15, -0.1) is 0 Å². The monoisotopic (exact) mass is 514 g/mol. The Morgan fingerprint density at radius 3 is 1.84 bits per heavy atom. The summed E-state index contributed by atoms with van der Waals surface area (Å²) < 4.78 is 0. The van der Waals surface area contributed by atoms with E-state index in [0.29, 0.717) is 12.3 Å². The Hall–Kier alpha value is -3.01. The molecule has 1 saturated carbocycles. The van der Waals surface area contributed by atoms with Crippen LogP contribution in [0.1, 0.15) is 114 Å². The summed E-state index contributed by atoms with van der Waals surface area (Å²) in [6.45, 7) is 4.40. The van der Waals surface area contributed by atoms with Crippen LogP contribution in [-0.4, -0.2) is 21.0 Å².